The van der Waals surface area contributed by atoms with Crippen molar-refractivity contribution in [3.63, 3.8) is 0 Å². The van der Waals surface area contributed by atoms with Gasteiger partial charge in [-0.05, 0) is 25.0 Å². The first-order valence-electron chi connectivity index (χ1n) is 7.98. The molecule has 1 amide bonds. The summed E-state index contributed by atoms with van der Waals surface area (Å²) in [6, 6.07) is 7.31. The van der Waals surface area contributed by atoms with E-state index in [1.807, 2.05) is 18.2 Å². The van der Waals surface area contributed by atoms with E-state index in [1.54, 1.807) is 6.07 Å². The van der Waals surface area contributed by atoms with Crippen molar-refractivity contribution in [1.29, 1.82) is 0 Å². The Morgan fingerprint density at radius 1 is 1.17 bits per heavy atom. The zero-order valence-corrected chi connectivity index (χ0v) is 12.9. The summed E-state index contributed by atoms with van der Waals surface area (Å²) in [6.07, 6.45) is 4.64. The third-order valence-electron chi connectivity index (χ3n) is 4.53. The first kappa shape index (κ1) is 15.5. The smallest absolute Gasteiger partial charge is 0.329 e. The maximum atomic E-state index is 12.4. The molecule has 1 aromatic heterocycles. The van der Waals surface area contributed by atoms with Crippen LogP contribution in [0.4, 0.5) is 0 Å². The number of carboxylic acid groups (broad SMARTS) is 1. The first-order chi connectivity index (χ1) is 11.1. The Balaban J connectivity index is 1.75. The zero-order valence-electron chi connectivity index (χ0n) is 12.9. The summed E-state index contributed by atoms with van der Waals surface area (Å²) in [7, 11) is 0. The number of benzene rings is 1. The lowest BCUT2D eigenvalue weighted by Crippen LogP contribution is -2.54. The van der Waals surface area contributed by atoms with Crippen molar-refractivity contribution >= 4 is 22.8 Å². The topological polar surface area (TPSA) is 92.4 Å². The molecule has 0 atom stereocenters. The zero-order chi connectivity index (χ0) is 16.3. The molecule has 0 aliphatic heterocycles. The highest BCUT2D eigenvalue weighted by atomic mass is 16.5. The van der Waals surface area contributed by atoms with Gasteiger partial charge in [0.25, 0.3) is 0 Å². The molecule has 6 heteroatoms. The number of fused-ring (bicyclic) bond motifs is 1. The normalized spacial score (nSPS) is 17.6. The van der Waals surface area contributed by atoms with Crippen LogP contribution >= 0.6 is 0 Å². The quantitative estimate of drug-likeness (QED) is 0.846. The van der Waals surface area contributed by atoms with Crippen LogP contribution in [0.25, 0.3) is 11.0 Å². The van der Waals surface area contributed by atoms with Gasteiger partial charge in [0.1, 0.15) is 11.2 Å². The highest BCUT2D eigenvalue weighted by Gasteiger charge is 2.40. The molecule has 0 unspecified atom stereocenters. The second-order valence-corrected chi connectivity index (χ2v) is 6.15. The SMILES string of the molecule is O=C(Cc1noc2ccccc12)NC1(C(=O)O)CCCCCC1. The van der Waals surface area contributed by atoms with Crippen LogP contribution in [0.3, 0.4) is 0 Å². The number of hydrogen-bond acceptors (Lipinski definition) is 4. The maximum Gasteiger partial charge on any atom is 0.329 e. The van der Waals surface area contributed by atoms with E-state index in [0.717, 1.165) is 31.1 Å². The van der Waals surface area contributed by atoms with Crippen molar-refractivity contribution in [2.24, 2.45) is 0 Å². The molecule has 0 radical (unpaired) electrons. The fourth-order valence-corrected chi connectivity index (χ4v) is 3.25. The van der Waals surface area contributed by atoms with E-state index in [-0.39, 0.29) is 12.3 Å². The molecule has 0 bridgehead atoms. The molecule has 0 spiro atoms. The average molecular weight is 316 g/mol. The summed E-state index contributed by atoms with van der Waals surface area (Å²) >= 11 is 0. The number of nitrogens with zero attached hydrogens (tertiary/aromatic N) is 1. The van der Waals surface area contributed by atoms with Gasteiger partial charge < -0.3 is 14.9 Å². The van der Waals surface area contributed by atoms with E-state index >= 15 is 0 Å². The monoisotopic (exact) mass is 316 g/mol. The lowest BCUT2D eigenvalue weighted by Gasteiger charge is -2.29. The third-order valence-corrected chi connectivity index (χ3v) is 4.53. The number of para-hydroxylation sites is 1. The molecule has 2 N–H and O–H groups in total. The lowest BCUT2D eigenvalue weighted by molar-refractivity contribution is -0.148. The molecule has 122 valence electrons. The van der Waals surface area contributed by atoms with Crippen LogP contribution in [0.5, 0.6) is 0 Å². The number of amides is 1. The lowest BCUT2D eigenvalue weighted by atomic mass is 9.90. The third kappa shape index (κ3) is 3.21. The number of rotatable bonds is 4. The van der Waals surface area contributed by atoms with Gasteiger partial charge in [-0.1, -0.05) is 43.0 Å². The molecule has 1 aliphatic rings. The molecule has 1 fully saturated rings. The molecule has 1 heterocycles. The van der Waals surface area contributed by atoms with E-state index in [0.29, 0.717) is 24.1 Å². The van der Waals surface area contributed by atoms with Crippen LogP contribution in [-0.4, -0.2) is 27.7 Å². The number of carboxylic acids is 1. The van der Waals surface area contributed by atoms with Crippen molar-refractivity contribution in [3.8, 4) is 0 Å². The van der Waals surface area contributed by atoms with Gasteiger partial charge in [-0.25, -0.2) is 4.79 Å². The van der Waals surface area contributed by atoms with Gasteiger partial charge in [-0.3, -0.25) is 4.79 Å². The van der Waals surface area contributed by atoms with Gasteiger partial charge in [-0.2, -0.15) is 0 Å². The number of aromatic nitrogens is 1. The summed E-state index contributed by atoms with van der Waals surface area (Å²) in [5.74, 6) is -1.27. The van der Waals surface area contributed by atoms with Gasteiger partial charge in [-0.15, -0.1) is 0 Å². The summed E-state index contributed by atoms with van der Waals surface area (Å²) in [4.78, 5) is 24.1. The minimum absolute atomic E-state index is 0.0199. The molecule has 1 saturated carbocycles. The van der Waals surface area contributed by atoms with Crippen LogP contribution < -0.4 is 5.32 Å². The van der Waals surface area contributed by atoms with Gasteiger partial charge in [0.15, 0.2) is 5.58 Å². The fraction of sp³-hybridized carbons (Fsp3) is 0.471. The minimum Gasteiger partial charge on any atom is -0.480 e. The molecular formula is C17H20N2O4. The number of nitrogens with one attached hydrogen (secondary N) is 1. The van der Waals surface area contributed by atoms with Crippen LogP contribution in [0, 0.1) is 0 Å². The fourth-order valence-electron chi connectivity index (χ4n) is 3.25. The standard InChI is InChI=1S/C17H20N2O4/c20-15(11-13-12-7-3-4-8-14(12)23-19-13)18-17(16(21)22)9-5-1-2-6-10-17/h3-4,7-8H,1-2,5-6,9-11H2,(H,18,20)(H,21,22). The number of carbonyl (C=O) groups excluding carboxylic acids is 1. The molecular weight excluding hydrogens is 296 g/mol. The van der Waals surface area contributed by atoms with Crippen LogP contribution in [0.1, 0.15) is 44.2 Å². The molecule has 3 rings (SSSR count). The van der Waals surface area contributed by atoms with Gasteiger partial charge >= 0.3 is 5.97 Å². The van der Waals surface area contributed by atoms with Gasteiger partial charge in [0.05, 0.1) is 6.42 Å². The Morgan fingerprint density at radius 3 is 2.57 bits per heavy atom. The minimum atomic E-state index is -1.15. The average Bonchev–Trinajstić information content (AvgIpc) is 2.77. The second-order valence-electron chi connectivity index (χ2n) is 6.15. The Morgan fingerprint density at radius 2 is 1.87 bits per heavy atom. The van der Waals surface area contributed by atoms with E-state index < -0.39 is 11.5 Å². The number of carbonyl (C=O) groups is 2. The highest BCUT2D eigenvalue weighted by Crippen LogP contribution is 2.28. The predicted octanol–water partition coefficient (Wildman–Crippen LogP) is 2.66. The van der Waals surface area contributed by atoms with E-state index in [9.17, 15) is 14.7 Å². The van der Waals surface area contributed by atoms with Crippen molar-refractivity contribution < 1.29 is 19.2 Å². The molecule has 1 aromatic carbocycles. The van der Waals surface area contributed by atoms with Crippen molar-refractivity contribution in [2.75, 3.05) is 0 Å². The van der Waals surface area contributed by atoms with Crippen LogP contribution in [-0.2, 0) is 16.0 Å². The molecule has 6 nitrogen and oxygen atoms in total. The van der Waals surface area contributed by atoms with Crippen LogP contribution in [0.2, 0.25) is 0 Å². The first-order valence-corrected chi connectivity index (χ1v) is 7.98. The predicted molar refractivity (Wildman–Crippen MR) is 83.9 cm³/mol. The number of hydrogen-bond donors (Lipinski definition) is 2. The largest absolute Gasteiger partial charge is 0.480 e. The Hall–Kier alpha value is -2.37. The molecule has 23 heavy (non-hydrogen) atoms. The van der Waals surface area contributed by atoms with E-state index in [4.69, 9.17) is 4.52 Å². The Kier molecular flexibility index (Phi) is 4.32. The summed E-state index contributed by atoms with van der Waals surface area (Å²) < 4.78 is 5.19. The molecule has 1 aliphatic carbocycles. The van der Waals surface area contributed by atoms with Crippen molar-refractivity contribution in [3.05, 3.63) is 30.0 Å². The summed E-state index contributed by atoms with van der Waals surface area (Å²) in [6.45, 7) is 0. The van der Waals surface area contributed by atoms with Crippen LogP contribution in [0.15, 0.2) is 28.8 Å². The molecule has 0 saturated heterocycles. The molecule has 2 aromatic rings. The summed E-state index contributed by atoms with van der Waals surface area (Å²) in [5, 5.41) is 17.1. The van der Waals surface area contributed by atoms with E-state index in [2.05, 4.69) is 10.5 Å². The van der Waals surface area contributed by atoms with Crippen molar-refractivity contribution in [2.45, 2.75) is 50.5 Å². The van der Waals surface area contributed by atoms with Gasteiger partial charge in [0.2, 0.25) is 5.91 Å². The maximum absolute atomic E-state index is 12.4. The Labute approximate surface area is 133 Å². The van der Waals surface area contributed by atoms with Crippen molar-refractivity contribution in [1.82, 2.24) is 10.5 Å². The van der Waals surface area contributed by atoms with Gasteiger partial charge in [0, 0.05) is 5.39 Å². The highest BCUT2D eigenvalue weighted by molar-refractivity contribution is 5.90. The van der Waals surface area contributed by atoms with E-state index in [1.165, 1.54) is 0 Å². The Bertz CT molecular complexity index is 714. The summed E-state index contributed by atoms with van der Waals surface area (Å²) in [5.41, 5.74) is 0.0117. The second kappa shape index (κ2) is 6.40. The number of aliphatic carboxylic acids is 1.